The lowest BCUT2D eigenvalue weighted by molar-refractivity contribution is -0.143. The van der Waals surface area contributed by atoms with Crippen molar-refractivity contribution in [2.75, 3.05) is 26.2 Å². The van der Waals surface area contributed by atoms with Gasteiger partial charge < -0.3 is 100 Å². The van der Waals surface area contributed by atoms with Crippen molar-refractivity contribution in [2.45, 2.75) is 170 Å². The first-order valence-electron chi connectivity index (χ1n) is 44.6. The van der Waals surface area contributed by atoms with Crippen molar-refractivity contribution in [1.82, 2.24) is 41.2 Å². The Kier molecular flexibility index (Phi) is 39.6. The van der Waals surface area contributed by atoms with Crippen LogP contribution in [0.3, 0.4) is 0 Å². The van der Waals surface area contributed by atoms with Crippen LogP contribution in [0.5, 0.6) is 46.0 Å². The average Bonchev–Trinajstić information content (AvgIpc) is 0.804. The van der Waals surface area contributed by atoms with Crippen LogP contribution in [0.1, 0.15) is 151 Å². The fraction of sp³-hybridized carbons (Fsp3) is 0.283. The number of nitrogens with one attached hydrogen (secondary N) is 4. The van der Waals surface area contributed by atoms with E-state index in [2.05, 4.69) is 53.3 Å². The van der Waals surface area contributed by atoms with E-state index in [1.54, 1.807) is 97.3 Å². The number of aliphatic carboxylic acids is 4. The molecule has 8 aromatic carbocycles. The Hall–Kier alpha value is -14.6. The lowest BCUT2D eigenvalue weighted by Gasteiger charge is -2.22. The molecule has 0 saturated heterocycles. The van der Waals surface area contributed by atoms with Crippen molar-refractivity contribution in [3.05, 3.63) is 327 Å². The van der Waals surface area contributed by atoms with Crippen molar-refractivity contribution in [2.24, 2.45) is 0 Å². The van der Waals surface area contributed by atoms with Crippen molar-refractivity contribution in [3.63, 3.8) is 0 Å². The molecule has 12 aromatic rings. The van der Waals surface area contributed by atoms with Crippen LogP contribution in [-0.4, -0.2) is 134 Å². The molecule has 4 aromatic heterocycles. The van der Waals surface area contributed by atoms with Crippen LogP contribution < -0.4 is 59.2 Å². The number of hydrogen-bond donors (Lipinski definition) is 12. The van der Waals surface area contributed by atoms with Gasteiger partial charge in [-0.25, -0.2) is 9.97 Å². The molecule has 142 heavy (non-hydrogen) atoms. The van der Waals surface area contributed by atoms with Gasteiger partial charge in [-0.15, -0.1) is 0 Å². The highest BCUT2D eigenvalue weighted by Gasteiger charge is 2.28. The number of aliphatic hydroxyl groups is 4. The van der Waals surface area contributed by atoms with E-state index in [0.717, 1.165) is 66.8 Å². The van der Waals surface area contributed by atoms with Crippen LogP contribution >= 0.6 is 46.4 Å². The molecular weight excluding hydrogens is 1900 g/mol. The van der Waals surface area contributed by atoms with Crippen LogP contribution in [0.15, 0.2) is 195 Å². The Morgan fingerprint density at radius 3 is 0.908 bits per heavy atom. The molecule has 4 atom stereocenters. The van der Waals surface area contributed by atoms with E-state index in [9.17, 15) is 70.9 Å². The van der Waals surface area contributed by atoms with Gasteiger partial charge in [0.05, 0.1) is 80.3 Å². The highest BCUT2D eigenvalue weighted by Crippen LogP contribution is 2.42. The first-order chi connectivity index (χ1) is 68.0. The Bertz CT molecular complexity index is 6310. The third-order valence-electron chi connectivity index (χ3n) is 22.6. The molecule has 12 rings (SSSR count). The number of rotatable bonds is 50. The molecule has 12 N–H and O–H groups in total. The largest absolute Gasteiger partial charge is 0.488 e. The molecule has 2 unspecified atom stereocenters. The molecule has 0 amide bonds. The normalized spacial score (nSPS) is 12.2. The molecular formula is C106H104Cl4N12O20. The Morgan fingerprint density at radius 1 is 0.352 bits per heavy atom. The molecule has 0 aliphatic heterocycles. The first kappa shape index (κ1) is 108. The fourth-order valence-electron chi connectivity index (χ4n) is 15.1. The number of hydrogen-bond acceptors (Lipinski definition) is 28. The number of benzene rings is 8. The minimum absolute atomic E-state index is 0.0150. The molecule has 0 saturated carbocycles. The summed E-state index contributed by atoms with van der Waals surface area (Å²) in [6, 6.07) is 55.6. The molecule has 0 spiro atoms. The first-order valence-corrected chi connectivity index (χ1v) is 46.1. The summed E-state index contributed by atoms with van der Waals surface area (Å²) in [6.45, 7) is 12.7. The zero-order valence-corrected chi connectivity index (χ0v) is 81.4. The molecule has 736 valence electrons. The van der Waals surface area contributed by atoms with E-state index in [1.807, 2.05) is 113 Å². The predicted octanol–water partition coefficient (Wildman–Crippen LogP) is 16.7. The van der Waals surface area contributed by atoms with E-state index in [0.29, 0.717) is 122 Å². The summed E-state index contributed by atoms with van der Waals surface area (Å²) in [4.78, 5) is 60.9. The Balaban J connectivity index is 0.000000271. The summed E-state index contributed by atoms with van der Waals surface area (Å²) in [7, 11) is 0. The van der Waals surface area contributed by atoms with Gasteiger partial charge in [0.25, 0.3) is 0 Å². The van der Waals surface area contributed by atoms with Crippen LogP contribution in [0.2, 0.25) is 20.1 Å². The van der Waals surface area contributed by atoms with Crippen LogP contribution in [0.25, 0.3) is 22.3 Å². The molecule has 0 fully saturated rings. The number of nitriles is 4. The minimum atomic E-state index is -1.50. The van der Waals surface area contributed by atoms with E-state index in [-0.39, 0.29) is 117 Å². The summed E-state index contributed by atoms with van der Waals surface area (Å²) in [6.07, 6.45) is 5.25. The number of halogens is 4. The zero-order chi connectivity index (χ0) is 102. The van der Waals surface area contributed by atoms with Crippen molar-refractivity contribution < 1.29 is 97.9 Å². The Labute approximate surface area is 840 Å². The van der Waals surface area contributed by atoms with Gasteiger partial charge in [0, 0.05) is 147 Å². The number of carbonyl (C=O) groups is 4. The second kappa shape index (κ2) is 52.1. The summed E-state index contributed by atoms with van der Waals surface area (Å²) in [5.74, 6) is -1.37. The maximum Gasteiger partial charge on any atom is 0.306 e. The summed E-state index contributed by atoms with van der Waals surface area (Å²) in [5.41, 5.74) is 14.9. The number of nitrogens with zero attached hydrogens (tertiary/aromatic N) is 8. The number of ether oxygens (including phenoxy) is 8. The molecule has 36 heteroatoms. The highest BCUT2D eigenvalue weighted by molar-refractivity contribution is 6.33. The second-order valence-electron chi connectivity index (χ2n) is 34.0. The highest BCUT2D eigenvalue weighted by atomic mass is 35.5. The summed E-state index contributed by atoms with van der Waals surface area (Å²) < 4.78 is 50.3. The molecule has 32 nitrogen and oxygen atoms in total. The van der Waals surface area contributed by atoms with Crippen molar-refractivity contribution in [1.29, 1.82) is 21.0 Å². The van der Waals surface area contributed by atoms with Gasteiger partial charge in [0.15, 0.2) is 0 Å². The number of pyridine rings is 4. The van der Waals surface area contributed by atoms with Gasteiger partial charge in [-0.2, -0.15) is 21.0 Å². The van der Waals surface area contributed by atoms with Crippen LogP contribution in [-0.2, 0) is 98.2 Å². The number of aromatic nitrogens is 4. The van der Waals surface area contributed by atoms with Crippen LogP contribution in [0, 0.1) is 73.0 Å². The zero-order valence-electron chi connectivity index (χ0n) is 78.3. The summed E-state index contributed by atoms with van der Waals surface area (Å²) >= 11 is 27.2. The predicted molar refractivity (Wildman–Crippen MR) is 528 cm³/mol. The minimum Gasteiger partial charge on any atom is -0.488 e. The fourth-order valence-corrected chi connectivity index (χ4v) is 16.1. The van der Waals surface area contributed by atoms with Gasteiger partial charge in [-0.05, 0) is 180 Å². The quantitative estimate of drug-likeness (QED) is 0.0168. The van der Waals surface area contributed by atoms with Gasteiger partial charge in [-0.3, -0.25) is 29.1 Å². The van der Waals surface area contributed by atoms with E-state index in [4.69, 9.17) is 94.5 Å². The van der Waals surface area contributed by atoms with Gasteiger partial charge in [0.2, 0.25) is 0 Å². The van der Waals surface area contributed by atoms with Crippen molar-refractivity contribution >= 4 is 70.3 Å². The molecule has 0 radical (unpaired) electrons. The second-order valence-corrected chi connectivity index (χ2v) is 35.7. The van der Waals surface area contributed by atoms with Crippen molar-refractivity contribution in [3.8, 4) is 92.5 Å². The number of carboxylic acids is 4. The lowest BCUT2D eigenvalue weighted by atomic mass is 9.92. The molecule has 0 aliphatic rings. The smallest absolute Gasteiger partial charge is 0.306 e. The van der Waals surface area contributed by atoms with E-state index >= 15 is 0 Å². The molecule has 0 bridgehead atoms. The lowest BCUT2D eigenvalue weighted by Crippen LogP contribution is -2.39. The van der Waals surface area contributed by atoms with Gasteiger partial charge >= 0.3 is 23.9 Å². The Morgan fingerprint density at radius 2 is 0.634 bits per heavy atom. The maximum atomic E-state index is 11.3. The van der Waals surface area contributed by atoms with E-state index in [1.165, 1.54) is 38.6 Å². The third-order valence-corrected chi connectivity index (χ3v) is 23.8. The average molecular weight is 2010 g/mol. The summed E-state index contributed by atoms with van der Waals surface area (Å²) in [5, 5.41) is 129. The van der Waals surface area contributed by atoms with Gasteiger partial charge in [-0.1, -0.05) is 119 Å². The number of aliphatic hydroxyl groups excluding tert-OH is 2. The van der Waals surface area contributed by atoms with Crippen LogP contribution in [0.4, 0.5) is 0 Å². The van der Waals surface area contributed by atoms with E-state index < -0.39 is 73.0 Å². The number of carboxylic acid groups (broad SMARTS) is 4. The SMILES string of the molecule is Cc1c(COc2cc(OCc3ccnc(C#N)c3)c(CNC[C@@H](O)CC(=O)O)cc2Cl)cccc1-c1cccc(COc2cc(OCc3ccnc(C#N)c3)c(CNC[C@@H](O)CC(=O)O)cc2Cl)c1C.Cc1c(COc2cc(OCc3cncc(C#N)c3)c(CNCC(C)(O)CC(=O)O)cc2Cl)cccc1-c1cccc(COc2cc(OCc3cncc(C#N)c3)c(CNCC(C)(O)CC(=O)O)cc2Cl)c1C. The monoisotopic (exact) mass is 2000 g/mol. The third kappa shape index (κ3) is 32.2. The molecule has 4 heterocycles. The van der Waals surface area contributed by atoms with Gasteiger partial charge in [0.1, 0.15) is 135 Å². The standard InChI is InChI=1S/C54H54Cl2N6O10.C52H50Cl2N6O10/c1-33-39(29-71-49-15-47(69-27-37-11-35(19-57)21-59-23-37)41(13-45(49)55)25-61-31-53(3,67)17-51(63)64)7-5-9-43(33)44-10-6-8-40(34(44)2)30-72-50-16-48(70-28-38-12-36(20-58)22-60-24-38)42(14-46(50)56)26-62-32-54(4,68)18-52(65)66;1-31-35(29-69-49-19-47(67-27-33-9-11-59-39(13-33)21-55)37(15-45(49)53)23-57-25-41(61)17-51(63)64)5-3-7-43(31)44-8-4-6-36(32(44)2)30-70-50-20-48(68-28-34-10-12-60-40(14-34)22-56)38(16-46(50)54)24-58-26-42(62)18-52(65)66/h5-16,21-24,61-62,67-68H,17-18,25-32H2,1-4H3,(H,63,64)(H,65,66);3-16,19-20,41-42,57-58,61-62H,17-18,23-30H2,1-2H3,(H,63,64)(H,65,66)/t;41-,42-/m.0/s1. The maximum absolute atomic E-state index is 11.3. The molecule has 0 aliphatic carbocycles. The topological polar surface area (TPSA) is 499 Å².